The Labute approximate surface area is 143 Å². The molecule has 0 unspecified atom stereocenters. The first-order chi connectivity index (χ1) is 11.8. The first kappa shape index (κ1) is 18.4. The molecule has 2 N–H and O–H groups in total. The summed E-state index contributed by atoms with van der Waals surface area (Å²) in [6, 6.07) is 19.6. The lowest BCUT2D eigenvalue weighted by atomic mass is 10.2. The maximum Gasteiger partial charge on any atom is 0.111 e. The van der Waals surface area contributed by atoms with Gasteiger partial charge in [-0.05, 0) is 11.1 Å². The lowest BCUT2D eigenvalue weighted by Crippen LogP contribution is -2.32. The van der Waals surface area contributed by atoms with Crippen molar-refractivity contribution in [1.82, 2.24) is 0 Å². The summed E-state index contributed by atoms with van der Waals surface area (Å²) in [5, 5.41) is 19.1. The molecule has 0 saturated heterocycles. The fourth-order valence-electron chi connectivity index (χ4n) is 2.21. The van der Waals surface area contributed by atoms with Crippen LogP contribution < -0.4 is 0 Å². The van der Waals surface area contributed by atoms with Crippen molar-refractivity contribution in [1.29, 1.82) is 0 Å². The van der Waals surface area contributed by atoms with Crippen LogP contribution in [0, 0.1) is 0 Å². The van der Waals surface area contributed by atoms with E-state index in [0.29, 0.717) is 13.2 Å². The Hall–Kier alpha value is -1.98. The normalized spacial score (nSPS) is 13.9. The molecule has 4 heteroatoms. The molecule has 0 aromatic heterocycles. The monoisotopic (exact) mass is 328 g/mol. The number of rotatable bonds is 10. The molecule has 24 heavy (non-hydrogen) atoms. The molecule has 0 aliphatic rings. The third-order valence-electron chi connectivity index (χ3n) is 3.52. The summed E-state index contributed by atoms with van der Waals surface area (Å²) in [5.74, 6) is 0. The van der Waals surface area contributed by atoms with Gasteiger partial charge in [0.05, 0.1) is 26.4 Å². The van der Waals surface area contributed by atoms with Gasteiger partial charge < -0.3 is 19.7 Å². The van der Waals surface area contributed by atoms with Crippen LogP contribution in [-0.4, -0.2) is 35.6 Å². The van der Waals surface area contributed by atoms with Crippen molar-refractivity contribution in [3.8, 4) is 0 Å². The van der Waals surface area contributed by atoms with E-state index < -0.39 is 12.2 Å². The van der Waals surface area contributed by atoms with Crippen molar-refractivity contribution >= 4 is 0 Å². The third-order valence-corrected chi connectivity index (χ3v) is 3.52. The molecule has 4 nitrogen and oxygen atoms in total. The molecule has 2 atom stereocenters. The summed E-state index contributed by atoms with van der Waals surface area (Å²) in [7, 11) is 0. The minimum absolute atomic E-state index is 0.118. The lowest BCUT2D eigenvalue weighted by Gasteiger charge is -2.21. The van der Waals surface area contributed by atoms with E-state index in [4.69, 9.17) is 14.6 Å². The van der Waals surface area contributed by atoms with Gasteiger partial charge in [0, 0.05) is 0 Å². The molecular formula is C20H24O4. The van der Waals surface area contributed by atoms with Crippen LogP contribution >= 0.6 is 0 Å². The summed E-state index contributed by atoms with van der Waals surface area (Å²) in [6.07, 6.45) is 1.69. The van der Waals surface area contributed by atoms with Gasteiger partial charge in [-0.3, -0.25) is 0 Å². The first-order valence-electron chi connectivity index (χ1n) is 8.02. The van der Waals surface area contributed by atoms with Crippen molar-refractivity contribution in [2.75, 3.05) is 13.2 Å². The molecule has 0 fully saturated rings. The zero-order valence-corrected chi connectivity index (χ0v) is 13.6. The van der Waals surface area contributed by atoms with Crippen molar-refractivity contribution in [3.63, 3.8) is 0 Å². The minimum Gasteiger partial charge on any atom is -0.392 e. The summed E-state index contributed by atoms with van der Waals surface area (Å²) in [4.78, 5) is 0. The lowest BCUT2D eigenvalue weighted by molar-refractivity contribution is -0.0751. The van der Waals surface area contributed by atoms with E-state index in [2.05, 4.69) is 0 Å². The first-order valence-corrected chi connectivity index (χ1v) is 8.02. The third kappa shape index (κ3) is 6.64. The number of hydrogen-bond donors (Lipinski definition) is 2. The zero-order chi connectivity index (χ0) is 17.0. The minimum atomic E-state index is -0.836. The van der Waals surface area contributed by atoms with E-state index in [1.807, 2.05) is 60.7 Å². The smallest absolute Gasteiger partial charge is 0.111 e. The van der Waals surface area contributed by atoms with Gasteiger partial charge in [0.2, 0.25) is 0 Å². The fourth-order valence-corrected chi connectivity index (χ4v) is 2.21. The number of hydrogen-bond acceptors (Lipinski definition) is 4. The van der Waals surface area contributed by atoms with Crippen LogP contribution in [-0.2, 0) is 22.7 Å². The summed E-state index contributed by atoms with van der Waals surface area (Å²) in [5.41, 5.74) is 2.10. The predicted octanol–water partition coefficient (Wildman–Crippen LogP) is 2.70. The van der Waals surface area contributed by atoms with E-state index in [1.54, 1.807) is 0 Å². The van der Waals surface area contributed by atoms with Crippen molar-refractivity contribution in [3.05, 3.63) is 83.9 Å². The van der Waals surface area contributed by atoms with Crippen molar-refractivity contribution in [2.45, 2.75) is 25.4 Å². The molecule has 2 aromatic rings. The second kappa shape index (κ2) is 10.7. The highest BCUT2D eigenvalue weighted by molar-refractivity contribution is 5.14. The Bertz CT molecular complexity index is 583. The number of ether oxygens (including phenoxy) is 2. The average Bonchev–Trinajstić information content (AvgIpc) is 2.64. The van der Waals surface area contributed by atoms with Gasteiger partial charge in [0.1, 0.15) is 12.2 Å². The second-order valence-corrected chi connectivity index (χ2v) is 5.44. The summed E-state index contributed by atoms with van der Waals surface area (Å²) < 4.78 is 11.5. The number of benzene rings is 2. The molecule has 0 saturated carbocycles. The highest BCUT2D eigenvalue weighted by Gasteiger charge is 2.18. The van der Waals surface area contributed by atoms with E-state index in [-0.39, 0.29) is 13.2 Å². The van der Waals surface area contributed by atoms with Crippen LogP contribution in [0.5, 0.6) is 0 Å². The van der Waals surface area contributed by atoms with E-state index in [9.17, 15) is 5.11 Å². The zero-order valence-electron chi connectivity index (χ0n) is 13.6. The van der Waals surface area contributed by atoms with Crippen LogP contribution in [0.15, 0.2) is 72.8 Å². The molecule has 0 radical (unpaired) electrons. The molecule has 128 valence electrons. The van der Waals surface area contributed by atoms with Gasteiger partial charge in [-0.2, -0.15) is 0 Å². The molecule has 0 heterocycles. The molecule has 0 aliphatic carbocycles. The highest BCUT2D eigenvalue weighted by Crippen LogP contribution is 2.10. The highest BCUT2D eigenvalue weighted by atomic mass is 16.5. The van der Waals surface area contributed by atoms with Crippen LogP contribution in [0.25, 0.3) is 0 Å². The molecule has 2 rings (SSSR count). The topological polar surface area (TPSA) is 58.9 Å². The van der Waals surface area contributed by atoms with Gasteiger partial charge in [0.15, 0.2) is 0 Å². The maximum absolute atomic E-state index is 10.2. The van der Waals surface area contributed by atoms with Gasteiger partial charge in [0.25, 0.3) is 0 Å². The number of aliphatic hydroxyl groups excluding tert-OH is 2. The summed E-state index contributed by atoms with van der Waals surface area (Å²) >= 11 is 0. The summed E-state index contributed by atoms with van der Waals surface area (Å²) in [6.45, 7) is 0.999. The van der Waals surface area contributed by atoms with Crippen molar-refractivity contribution < 1.29 is 19.7 Å². The van der Waals surface area contributed by atoms with Gasteiger partial charge in [-0.25, -0.2) is 0 Å². The van der Waals surface area contributed by atoms with Crippen LogP contribution in [0.3, 0.4) is 0 Å². The molecule has 2 aromatic carbocycles. The van der Waals surface area contributed by atoms with Crippen LogP contribution in [0.2, 0.25) is 0 Å². The van der Waals surface area contributed by atoms with E-state index in [1.165, 1.54) is 12.2 Å². The molecule has 0 amide bonds. The fraction of sp³-hybridized carbons (Fsp3) is 0.300. The van der Waals surface area contributed by atoms with Gasteiger partial charge in [-0.15, -0.1) is 0 Å². The van der Waals surface area contributed by atoms with Crippen LogP contribution in [0.4, 0.5) is 0 Å². The van der Waals surface area contributed by atoms with Crippen LogP contribution in [0.1, 0.15) is 11.1 Å². The molecule has 0 aliphatic heterocycles. The van der Waals surface area contributed by atoms with Crippen molar-refractivity contribution in [2.24, 2.45) is 0 Å². The largest absolute Gasteiger partial charge is 0.392 e. The Morgan fingerprint density at radius 1 is 0.875 bits per heavy atom. The SMILES string of the molecule is OC/C=C/[C@@H](O)[C@@H](COCc1ccccc1)OCc1ccccc1. The number of aliphatic hydroxyl groups is 2. The Kier molecular flexibility index (Phi) is 8.21. The molecule has 0 bridgehead atoms. The maximum atomic E-state index is 10.2. The Morgan fingerprint density at radius 3 is 2.04 bits per heavy atom. The van der Waals surface area contributed by atoms with Gasteiger partial charge >= 0.3 is 0 Å². The quantitative estimate of drug-likeness (QED) is 0.659. The second-order valence-electron chi connectivity index (χ2n) is 5.44. The Morgan fingerprint density at radius 2 is 1.46 bits per heavy atom. The van der Waals surface area contributed by atoms with E-state index in [0.717, 1.165) is 11.1 Å². The van der Waals surface area contributed by atoms with E-state index >= 15 is 0 Å². The Balaban J connectivity index is 1.88. The molecular weight excluding hydrogens is 304 g/mol. The standard InChI is InChI=1S/C20H24O4/c21-13-7-12-19(22)20(24-15-18-10-5-2-6-11-18)16-23-14-17-8-3-1-4-9-17/h1-12,19-22H,13-16H2/b12-7+/t19-,20-/m1/s1. The average molecular weight is 328 g/mol. The molecule has 0 spiro atoms. The predicted molar refractivity (Wildman–Crippen MR) is 93.3 cm³/mol. The van der Waals surface area contributed by atoms with Gasteiger partial charge in [-0.1, -0.05) is 72.8 Å².